The van der Waals surface area contributed by atoms with Gasteiger partial charge in [0.1, 0.15) is 16.3 Å². The van der Waals surface area contributed by atoms with Crippen molar-refractivity contribution < 1.29 is 23.9 Å². The first-order valence-corrected chi connectivity index (χ1v) is 11.4. The van der Waals surface area contributed by atoms with Gasteiger partial charge in [0.15, 0.2) is 5.58 Å². The van der Waals surface area contributed by atoms with E-state index in [1.54, 1.807) is 18.2 Å². The lowest BCUT2D eigenvalue weighted by atomic mass is 9.73. The Labute approximate surface area is 188 Å². The molecule has 1 atom stereocenters. The summed E-state index contributed by atoms with van der Waals surface area (Å²) in [4.78, 5) is 41.7. The van der Waals surface area contributed by atoms with E-state index in [9.17, 15) is 14.4 Å². The Morgan fingerprint density at radius 2 is 1.81 bits per heavy atom. The van der Waals surface area contributed by atoms with E-state index in [2.05, 4.69) is 15.6 Å². The van der Waals surface area contributed by atoms with E-state index in [1.807, 2.05) is 36.4 Å². The molecule has 0 bridgehead atoms. The number of thioether (sulfide) groups is 1. The molecule has 32 heavy (non-hydrogen) atoms. The fourth-order valence-corrected chi connectivity index (χ4v) is 4.61. The molecule has 0 spiro atoms. The molecule has 4 rings (SSSR count). The van der Waals surface area contributed by atoms with Gasteiger partial charge in [-0.2, -0.15) is 0 Å². The zero-order chi connectivity index (χ0) is 22.6. The minimum atomic E-state index is -1.20. The van der Waals surface area contributed by atoms with Crippen LogP contribution < -0.4 is 10.6 Å². The van der Waals surface area contributed by atoms with Crippen molar-refractivity contribution >= 4 is 40.6 Å². The van der Waals surface area contributed by atoms with Crippen LogP contribution in [0.15, 0.2) is 59.0 Å². The highest BCUT2D eigenvalue weighted by atomic mass is 32.2. The summed E-state index contributed by atoms with van der Waals surface area (Å²) in [7, 11) is 0. The topological polar surface area (TPSA) is 122 Å². The second-order valence-electron chi connectivity index (χ2n) is 7.71. The monoisotopic (exact) mass is 453 g/mol. The normalized spacial score (nSPS) is 15.5. The van der Waals surface area contributed by atoms with Crippen LogP contribution in [0, 0.1) is 0 Å². The van der Waals surface area contributed by atoms with Gasteiger partial charge in [-0.15, -0.1) is 11.8 Å². The minimum Gasteiger partial charge on any atom is -0.465 e. The van der Waals surface area contributed by atoms with Crippen molar-refractivity contribution in [2.75, 3.05) is 6.54 Å². The summed E-state index contributed by atoms with van der Waals surface area (Å²) in [5.41, 5.74) is 1.04. The number of oxazole rings is 1. The molecule has 1 aromatic heterocycles. The predicted octanol–water partition coefficient (Wildman–Crippen LogP) is 3.62. The van der Waals surface area contributed by atoms with Gasteiger partial charge >= 0.3 is 6.09 Å². The third-order valence-electron chi connectivity index (χ3n) is 5.52. The Kier molecular flexibility index (Phi) is 6.45. The van der Waals surface area contributed by atoms with Crippen LogP contribution in [0.4, 0.5) is 4.79 Å². The molecule has 1 aliphatic carbocycles. The molecule has 1 aliphatic rings. The van der Waals surface area contributed by atoms with E-state index in [1.165, 1.54) is 11.8 Å². The quantitative estimate of drug-likeness (QED) is 0.423. The third-order valence-corrected chi connectivity index (χ3v) is 6.80. The Morgan fingerprint density at radius 1 is 1.09 bits per heavy atom. The predicted molar refractivity (Wildman–Crippen MR) is 121 cm³/mol. The van der Waals surface area contributed by atoms with Gasteiger partial charge in [-0.3, -0.25) is 9.59 Å². The highest BCUT2D eigenvalue weighted by molar-refractivity contribution is 7.99. The minimum absolute atomic E-state index is 0.0247. The largest absolute Gasteiger partial charge is 0.465 e. The maximum Gasteiger partial charge on any atom is 0.404 e. The van der Waals surface area contributed by atoms with Crippen molar-refractivity contribution in [2.45, 2.75) is 35.8 Å². The summed E-state index contributed by atoms with van der Waals surface area (Å²) >= 11 is 1.32. The molecule has 1 heterocycles. The van der Waals surface area contributed by atoms with Crippen molar-refractivity contribution in [3.05, 3.63) is 66.1 Å². The van der Waals surface area contributed by atoms with Crippen LogP contribution in [-0.2, 0) is 10.5 Å². The number of rotatable bonds is 9. The molecule has 8 nitrogen and oxygen atoms in total. The molecule has 3 aromatic rings. The molecule has 0 radical (unpaired) electrons. The van der Waals surface area contributed by atoms with Crippen LogP contribution in [0.25, 0.3) is 11.1 Å². The number of amides is 2. The van der Waals surface area contributed by atoms with Gasteiger partial charge in [-0.1, -0.05) is 42.5 Å². The second kappa shape index (κ2) is 9.44. The smallest absolute Gasteiger partial charge is 0.404 e. The van der Waals surface area contributed by atoms with Crippen molar-refractivity contribution in [1.29, 1.82) is 0 Å². The van der Waals surface area contributed by atoms with Gasteiger partial charge in [0.25, 0.3) is 5.89 Å². The van der Waals surface area contributed by atoms with Crippen LogP contribution in [0.1, 0.15) is 35.5 Å². The molecule has 0 aliphatic heterocycles. The highest BCUT2D eigenvalue weighted by Crippen LogP contribution is 2.36. The average molecular weight is 454 g/mol. The number of hydrogen-bond donors (Lipinski definition) is 3. The van der Waals surface area contributed by atoms with Crippen molar-refractivity contribution in [1.82, 2.24) is 15.6 Å². The lowest BCUT2D eigenvalue weighted by Gasteiger charge is -2.40. The molecule has 2 aromatic carbocycles. The number of fused-ring (bicyclic) bond motifs is 1. The molecule has 0 unspecified atom stereocenters. The van der Waals surface area contributed by atoms with Gasteiger partial charge < -0.3 is 20.2 Å². The number of nitrogens with one attached hydrogen (secondary N) is 2. The fourth-order valence-electron chi connectivity index (χ4n) is 3.61. The van der Waals surface area contributed by atoms with Crippen molar-refractivity contribution in [3.8, 4) is 0 Å². The summed E-state index contributed by atoms with van der Waals surface area (Å²) in [5.74, 6) is -0.231. The maximum atomic E-state index is 13.2. The van der Waals surface area contributed by atoms with Crippen LogP contribution in [0.5, 0.6) is 0 Å². The lowest BCUT2D eigenvalue weighted by molar-refractivity contribution is -0.122. The van der Waals surface area contributed by atoms with Crippen molar-refractivity contribution in [3.63, 3.8) is 0 Å². The van der Waals surface area contributed by atoms with Crippen LogP contribution >= 0.6 is 11.8 Å². The molecule has 3 N–H and O–H groups in total. The van der Waals surface area contributed by atoms with Gasteiger partial charge in [0.05, 0.1) is 0 Å². The van der Waals surface area contributed by atoms with E-state index in [0.717, 1.165) is 12.0 Å². The number of nitrogens with zero attached hydrogens (tertiary/aromatic N) is 1. The molecule has 166 valence electrons. The molecular formula is C23H23N3O5S. The van der Waals surface area contributed by atoms with Gasteiger partial charge in [-0.05, 0) is 37.0 Å². The lowest BCUT2D eigenvalue weighted by Crippen LogP contribution is -2.61. The molecule has 2 amide bonds. The summed E-state index contributed by atoms with van der Waals surface area (Å²) < 4.78 is 5.63. The summed E-state index contributed by atoms with van der Waals surface area (Å²) in [6.45, 7) is -0.0637. The third kappa shape index (κ3) is 4.77. The van der Waals surface area contributed by atoms with Crippen LogP contribution in [-0.4, -0.2) is 45.2 Å². The summed E-state index contributed by atoms with van der Waals surface area (Å²) in [6.07, 6.45) is 0.558. The SMILES string of the molecule is O=C(O)NC[C@@H](SCc1ccccc1)C(=O)NC1(C(=O)c2nc3ccccc3o2)CCC1. The van der Waals surface area contributed by atoms with Crippen molar-refractivity contribution in [2.24, 2.45) is 0 Å². The summed E-state index contributed by atoms with van der Waals surface area (Å²) in [6, 6.07) is 16.7. The molecule has 1 fully saturated rings. The van der Waals surface area contributed by atoms with E-state index >= 15 is 0 Å². The molecule has 0 saturated heterocycles. The molecule has 9 heteroatoms. The highest BCUT2D eigenvalue weighted by Gasteiger charge is 2.48. The number of carboxylic acid groups (broad SMARTS) is 1. The maximum absolute atomic E-state index is 13.2. The Hall–Kier alpha value is -3.33. The van der Waals surface area contributed by atoms with E-state index in [4.69, 9.17) is 9.52 Å². The summed E-state index contributed by atoms with van der Waals surface area (Å²) in [5, 5.41) is 13.5. The number of carbonyl (C=O) groups excluding carboxylic acids is 2. The Morgan fingerprint density at radius 3 is 2.47 bits per heavy atom. The number of carbonyl (C=O) groups is 3. The van der Waals surface area contributed by atoms with Gasteiger partial charge in [-0.25, -0.2) is 9.78 Å². The number of benzene rings is 2. The first kappa shape index (κ1) is 21.9. The standard InChI is InChI=1S/C23H23N3O5S/c27-19(21-25-16-9-4-5-10-17(16)31-21)23(11-6-12-23)26-20(28)18(13-24-22(29)30)32-14-15-7-2-1-3-8-15/h1-5,7-10,18,24H,6,11-14H2,(H,26,28)(H,29,30)/t18-/m1/s1. The number of hydrogen-bond acceptors (Lipinski definition) is 6. The number of aromatic nitrogens is 1. The molecular weight excluding hydrogens is 430 g/mol. The number of Topliss-reactive ketones (excluding diaryl/α,β-unsaturated/α-hetero) is 1. The van der Waals surface area contributed by atoms with E-state index in [-0.39, 0.29) is 24.1 Å². The Bertz CT molecular complexity index is 1090. The fraction of sp³-hybridized carbons (Fsp3) is 0.304. The van der Waals surface area contributed by atoms with E-state index < -0.39 is 16.9 Å². The number of ketones is 1. The first-order chi connectivity index (χ1) is 15.5. The van der Waals surface area contributed by atoms with Crippen LogP contribution in [0.3, 0.4) is 0 Å². The van der Waals surface area contributed by atoms with E-state index in [0.29, 0.717) is 29.7 Å². The average Bonchev–Trinajstić information content (AvgIpc) is 3.20. The van der Waals surface area contributed by atoms with Gasteiger partial charge in [0.2, 0.25) is 11.7 Å². The zero-order valence-corrected chi connectivity index (χ0v) is 18.1. The first-order valence-electron chi connectivity index (χ1n) is 10.3. The molecule has 1 saturated carbocycles. The van der Waals surface area contributed by atoms with Gasteiger partial charge in [0, 0.05) is 12.3 Å². The zero-order valence-electron chi connectivity index (χ0n) is 17.2. The second-order valence-corrected chi connectivity index (χ2v) is 8.90. The number of para-hydroxylation sites is 2. The Balaban J connectivity index is 1.49. The van der Waals surface area contributed by atoms with Crippen LogP contribution in [0.2, 0.25) is 0 Å².